The van der Waals surface area contributed by atoms with Crippen LogP contribution in [0.5, 0.6) is 17.2 Å². The molecule has 15 nitrogen and oxygen atoms in total. The van der Waals surface area contributed by atoms with Crippen molar-refractivity contribution < 1.29 is 144 Å². The van der Waals surface area contributed by atoms with Gasteiger partial charge in [-0.1, -0.05) is 65.0 Å². The van der Waals surface area contributed by atoms with Crippen molar-refractivity contribution >= 4 is 60.3 Å². The molecule has 6 aromatic rings. The molecule has 7 rings (SSSR count). The van der Waals surface area contributed by atoms with Crippen LogP contribution >= 0.6 is 12.0 Å². The Morgan fingerprint density at radius 1 is 0.774 bits per heavy atom. The molecule has 1 heterocycles. The van der Waals surface area contributed by atoms with Gasteiger partial charge in [0.05, 0.1) is 44.3 Å². The minimum absolute atomic E-state index is 0. The van der Waals surface area contributed by atoms with Gasteiger partial charge in [0.15, 0.2) is 17.4 Å². The largest absolute Gasteiger partial charge is 1.00 e. The molecule has 0 saturated heterocycles. The first-order valence-corrected chi connectivity index (χ1v) is 21.3. The Labute approximate surface area is 428 Å². The summed E-state index contributed by atoms with van der Waals surface area (Å²) in [7, 11) is -9.95. The Hall–Kier alpha value is -2.44. The van der Waals surface area contributed by atoms with Crippen LogP contribution in [0.3, 0.4) is 0 Å². The van der Waals surface area contributed by atoms with E-state index >= 15 is 0 Å². The van der Waals surface area contributed by atoms with E-state index in [1.54, 1.807) is 30.3 Å². The summed E-state index contributed by atoms with van der Waals surface area (Å²) in [5.41, 5.74) is 1.14. The Morgan fingerprint density at radius 3 is 2.05 bits per heavy atom. The van der Waals surface area contributed by atoms with Crippen LogP contribution in [0, 0.1) is 5.41 Å². The van der Waals surface area contributed by atoms with Crippen LogP contribution in [0.15, 0.2) is 106 Å². The van der Waals surface area contributed by atoms with E-state index in [9.17, 15) is 41.1 Å². The molecular formula is C41H34N3Na3O12S3. The first-order valence-electron chi connectivity index (χ1n) is 17.8. The molecule has 0 bridgehead atoms. The maximum Gasteiger partial charge on any atom is 1.00 e. The fraction of sp³-hybridized carbons (Fsp3) is 0.195. The molecule has 62 heavy (non-hydrogen) atoms. The number of phenolic OH excluding ortho intramolecular Hbond substituents is 1. The second-order valence-electron chi connectivity index (χ2n) is 15.6. The summed E-state index contributed by atoms with van der Waals surface area (Å²) in [6.07, 6.45) is 0.641. The zero-order chi connectivity index (χ0) is 42.7. The van der Waals surface area contributed by atoms with Gasteiger partial charge in [0.25, 0.3) is 0 Å². The van der Waals surface area contributed by atoms with Gasteiger partial charge in [0.2, 0.25) is 0 Å². The normalized spacial score (nSPS) is 12.4. The summed E-state index contributed by atoms with van der Waals surface area (Å²) in [6, 6.07) is 21.3. The summed E-state index contributed by atoms with van der Waals surface area (Å²) < 4.78 is 84.7. The summed E-state index contributed by atoms with van der Waals surface area (Å²) in [5.74, 6) is -1.32. The zero-order valence-corrected chi connectivity index (χ0v) is 43.4. The van der Waals surface area contributed by atoms with Crippen molar-refractivity contribution in [3.05, 3.63) is 108 Å². The van der Waals surface area contributed by atoms with Crippen molar-refractivity contribution in [1.82, 2.24) is 9.97 Å². The molecule has 1 aliphatic carbocycles. The fourth-order valence-electron chi connectivity index (χ4n) is 7.45. The molecule has 0 radical (unpaired) electrons. The molecule has 0 aliphatic heterocycles. The van der Waals surface area contributed by atoms with Gasteiger partial charge in [0.1, 0.15) is 37.3 Å². The number of nitrogens with zero attached hydrogens (tertiary/aromatic N) is 2. The summed E-state index contributed by atoms with van der Waals surface area (Å²) in [6.45, 7) is 10.0. The van der Waals surface area contributed by atoms with Crippen LogP contribution < -0.4 is 104 Å². The Balaban J connectivity index is 0.00000282. The third-order valence-corrected chi connectivity index (χ3v) is 11.8. The van der Waals surface area contributed by atoms with Crippen molar-refractivity contribution in [2.45, 2.75) is 61.1 Å². The quantitative estimate of drug-likeness (QED) is 0.0467. The van der Waals surface area contributed by atoms with Gasteiger partial charge >= 0.3 is 88.7 Å². The molecule has 0 unspecified atom stereocenters. The monoisotopic (exact) mass is 925 g/mol. The smallest absolute Gasteiger partial charge is 0.744 e. The number of rotatable bonds is 12. The second-order valence-corrected chi connectivity index (χ2v) is 19.1. The number of aromatic nitrogens is 2. The number of anilines is 2. The third kappa shape index (κ3) is 11.1. The first-order chi connectivity index (χ1) is 27.6. The van der Waals surface area contributed by atoms with Crippen LogP contribution in [0.2, 0.25) is 0 Å². The Kier molecular flexibility index (Phi) is 16.8. The standard InChI is InChI=1S/C41H37N3O12S3.3Na/c1-40(2,3)21-41(4,5)22-10-17-31(33(18-22)59(51,52)53)54-32-20-29(42-23-11-14-25(15-12-23)58(48,49)50)34-35-36(26-8-6-7-9-27(26)38(34)46)43-39(44-37(32)35)28-19-24(57-56-55-47)13-16-30(28)45;;;/h6-20,42,45,47H,21H2,1-5H3,(H,48,49,50)(H,51,52,53);;;/q;3*+1/p-3. The molecule has 0 amide bonds. The molecule has 0 fully saturated rings. The van der Waals surface area contributed by atoms with Crippen molar-refractivity contribution in [1.29, 1.82) is 0 Å². The van der Waals surface area contributed by atoms with E-state index in [1.807, 2.05) is 34.6 Å². The average Bonchev–Trinajstić information content (AvgIpc) is 3.15. The van der Waals surface area contributed by atoms with E-state index in [1.165, 1.54) is 48.5 Å². The SMILES string of the molecule is CC(C)(C)CC(C)(C)c1ccc(Oc2cc(Nc3ccc(S(=O)(=O)[O-])cc3)c3c4c(nc(-c5cc(SOO[O-])ccc5O)nc24)-c2ccccc2C3=O)c(S(=O)(=O)[O-])c1.[Na+].[Na+].[Na+]. The van der Waals surface area contributed by atoms with E-state index < -0.39 is 41.2 Å². The van der Waals surface area contributed by atoms with Gasteiger partial charge in [0, 0.05) is 33.2 Å². The number of carbonyl (C=O) groups excluding carboxylic acids is 1. The second kappa shape index (κ2) is 20.0. The maximum atomic E-state index is 14.5. The number of carbonyl (C=O) groups is 1. The maximum absolute atomic E-state index is 14.5. The van der Waals surface area contributed by atoms with Crippen LogP contribution in [-0.4, -0.2) is 46.8 Å². The predicted molar refractivity (Wildman–Crippen MR) is 213 cm³/mol. The third-order valence-electron chi connectivity index (χ3n) is 9.57. The van der Waals surface area contributed by atoms with Crippen molar-refractivity contribution in [2.75, 3.05) is 5.32 Å². The number of nitrogens with one attached hydrogen (secondary N) is 1. The molecule has 1 aromatic heterocycles. The number of ketones is 1. The Morgan fingerprint density at radius 2 is 1.44 bits per heavy atom. The number of benzene rings is 5. The zero-order valence-electron chi connectivity index (χ0n) is 34.9. The number of hydrogen-bond donors (Lipinski definition) is 2. The molecule has 0 atom stereocenters. The molecule has 5 aromatic carbocycles. The van der Waals surface area contributed by atoms with E-state index in [4.69, 9.17) is 14.7 Å². The minimum Gasteiger partial charge on any atom is -0.744 e. The number of fused-ring (bicyclic) bond motifs is 2. The van der Waals surface area contributed by atoms with E-state index in [0.717, 1.165) is 12.1 Å². The predicted octanol–water partition coefficient (Wildman–Crippen LogP) is -1.49. The van der Waals surface area contributed by atoms with Crippen LogP contribution in [0.1, 0.15) is 62.5 Å². The molecule has 0 spiro atoms. The fourth-order valence-corrected chi connectivity index (χ4v) is 8.94. The number of hydrogen-bond acceptors (Lipinski definition) is 16. The molecular weight excluding hydrogens is 892 g/mol. The molecule has 306 valence electrons. The topological polar surface area (TPSA) is 240 Å². The van der Waals surface area contributed by atoms with Crippen molar-refractivity contribution in [2.24, 2.45) is 5.41 Å². The van der Waals surface area contributed by atoms with E-state index in [-0.39, 0.29) is 162 Å². The van der Waals surface area contributed by atoms with Gasteiger partial charge in [-0.25, -0.2) is 26.8 Å². The Bertz CT molecular complexity index is 2910. The van der Waals surface area contributed by atoms with Crippen LogP contribution in [0.25, 0.3) is 33.5 Å². The average molecular weight is 926 g/mol. The number of ether oxygens (including phenoxy) is 1. The van der Waals surface area contributed by atoms with Crippen LogP contribution in [-0.2, 0) is 35.0 Å². The van der Waals surface area contributed by atoms with Gasteiger partial charge < -0.3 is 29.5 Å². The minimum atomic E-state index is -5.17. The molecule has 2 N–H and O–H groups in total. The van der Waals surface area contributed by atoms with Crippen LogP contribution in [0.4, 0.5) is 11.4 Å². The van der Waals surface area contributed by atoms with Gasteiger partial charge in [-0.15, -0.1) is 0 Å². The molecule has 1 aliphatic rings. The summed E-state index contributed by atoms with van der Waals surface area (Å²) >= 11 is 0.557. The van der Waals surface area contributed by atoms with E-state index in [0.29, 0.717) is 34.5 Å². The number of aromatic hydroxyl groups is 1. The molecule has 0 saturated carbocycles. The van der Waals surface area contributed by atoms with Gasteiger partial charge in [-0.2, -0.15) is 4.33 Å². The van der Waals surface area contributed by atoms with E-state index in [2.05, 4.69) is 14.7 Å². The van der Waals surface area contributed by atoms with Gasteiger partial charge in [-0.3, -0.25) is 9.83 Å². The van der Waals surface area contributed by atoms with Crippen molar-refractivity contribution in [3.8, 4) is 39.9 Å². The van der Waals surface area contributed by atoms with Gasteiger partial charge in [-0.05, 0) is 77.4 Å². The molecule has 21 heteroatoms. The number of phenols is 1. The summed E-state index contributed by atoms with van der Waals surface area (Å²) in [5, 5.41) is 28.3. The summed E-state index contributed by atoms with van der Waals surface area (Å²) in [4.78, 5) is 23.2. The van der Waals surface area contributed by atoms with Crippen molar-refractivity contribution in [3.63, 3.8) is 0 Å². The first kappa shape index (κ1) is 52.2.